The maximum Gasteiger partial charge on any atom is 0.333 e. The van der Waals surface area contributed by atoms with Gasteiger partial charge in [-0.3, -0.25) is 4.79 Å². The second-order valence-electron chi connectivity index (χ2n) is 12.1. The second-order valence-corrected chi connectivity index (χ2v) is 12.1. The van der Waals surface area contributed by atoms with Crippen LogP contribution in [0.5, 0.6) is 0 Å². The van der Waals surface area contributed by atoms with Gasteiger partial charge in [0.2, 0.25) is 0 Å². The largest absolute Gasteiger partial charge is 0.481 e. The van der Waals surface area contributed by atoms with E-state index in [-0.39, 0.29) is 5.57 Å². The van der Waals surface area contributed by atoms with Gasteiger partial charge in [-0.2, -0.15) is 0 Å². The molecule has 218 valence electrons. The molecule has 3 aliphatic rings. The zero-order valence-electron chi connectivity index (χ0n) is 24.5. The zero-order valence-corrected chi connectivity index (χ0v) is 24.5. The van der Waals surface area contributed by atoms with Crippen LogP contribution in [0.2, 0.25) is 0 Å². The molecule has 0 saturated carbocycles. The van der Waals surface area contributed by atoms with E-state index in [0.29, 0.717) is 6.42 Å². The van der Waals surface area contributed by atoms with E-state index in [1.807, 2.05) is 0 Å². The van der Waals surface area contributed by atoms with E-state index in [1.54, 1.807) is 0 Å². The van der Waals surface area contributed by atoms with Gasteiger partial charge < -0.3 is 10.2 Å². The van der Waals surface area contributed by atoms with E-state index in [4.69, 9.17) is 0 Å². The molecule has 0 aromatic heterocycles. The van der Waals surface area contributed by atoms with Crippen LogP contribution in [-0.4, -0.2) is 22.2 Å². The minimum atomic E-state index is -1.08. The summed E-state index contributed by atoms with van der Waals surface area (Å²) in [5.41, 5.74) is 3.94. The molecule has 4 nitrogen and oxygen atoms in total. The van der Waals surface area contributed by atoms with Gasteiger partial charge in [-0.15, -0.1) is 0 Å². The fourth-order valence-electron chi connectivity index (χ4n) is 6.77. The van der Waals surface area contributed by atoms with Crippen molar-refractivity contribution in [2.24, 2.45) is 5.92 Å². The highest BCUT2D eigenvalue weighted by atomic mass is 16.4. The molecule has 1 unspecified atom stereocenters. The van der Waals surface area contributed by atoms with E-state index >= 15 is 0 Å². The molecule has 0 aromatic carbocycles. The number of hydrogen-bond donors (Lipinski definition) is 2. The Balaban J connectivity index is 2.19. The number of carbonyl (C=O) groups is 2. The van der Waals surface area contributed by atoms with Gasteiger partial charge in [0.05, 0.1) is 5.57 Å². The first-order valence-electron chi connectivity index (χ1n) is 16.4. The monoisotopic (exact) mass is 538 g/mol. The molecule has 0 saturated heterocycles. The Hall–Kier alpha value is -2.10. The number of carboxylic acids is 2. The average molecular weight is 539 g/mol. The molecule has 4 heteroatoms. The minimum Gasteiger partial charge on any atom is -0.481 e. The van der Waals surface area contributed by atoms with Gasteiger partial charge in [0.15, 0.2) is 0 Å². The molecule has 0 bridgehead atoms. The lowest BCUT2D eigenvalue weighted by atomic mass is 9.77. The third-order valence-electron chi connectivity index (χ3n) is 8.96. The Labute approximate surface area is 237 Å². The molecular weight excluding hydrogens is 484 g/mol. The topological polar surface area (TPSA) is 74.6 Å². The van der Waals surface area contributed by atoms with Crippen LogP contribution in [0.15, 0.2) is 46.1 Å². The summed E-state index contributed by atoms with van der Waals surface area (Å²) in [4.78, 5) is 26.3. The standard InChI is InChI=1S/C35H54O4/c36-34(37)32(30-26-20-14-8-3-9-15-21-27-30)33(35(38)39)31(28-22-16-10-4-1-5-11-17-23-28)29-24-18-12-6-2-7-13-19-25-29/h22,24,26,32H,1-21,23,25,27H2,(H,36,37)(H,38,39). The van der Waals surface area contributed by atoms with Crippen molar-refractivity contribution in [1.29, 1.82) is 0 Å². The smallest absolute Gasteiger partial charge is 0.333 e. The van der Waals surface area contributed by atoms with Gasteiger partial charge in [0.25, 0.3) is 0 Å². The van der Waals surface area contributed by atoms with Crippen LogP contribution in [0.1, 0.15) is 154 Å². The van der Waals surface area contributed by atoms with E-state index in [2.05, 4.69) is 18.2 Å². The van der Waals surface area contributed by atoms with Crippen LogP contribution in [0.3, 0.4) is 0 Å². The summed E-state index contributed by atoms with van der Waals surface area (Å²) in [7, 11) is 0. The molecule has 0 amide bonds. The number of carboxylic acid groups (broad SMARTS) is 2. The Morgan fingerprint density at radius 1 is 0.513 bits per heavy atom. The maximum atomic E-state index is 13.2. The van der Waals surface area contributed by atoms with Crippen LogP contribution in [0.4, 0.5) is 0 Å². The van der Waals surface area contributed by atoms with Crippen molar-refractivity contribution in [2.75, 3.05) is 0 Å². The van der Waals surface area contributed by atoms with Gasteiger partial charge in [-0.05, 0) is 93.8 Å². The molecule has 0 aliphatic heterocycles. The van der Waals surface area contributed by atoms with Crippen LogP contribution >= 0.6 is 0 Å². The Morgan fingerprint density at radius 2 is 0.897 bits per heavy atom. The summed E-state index contributed by atoms with van der Waals surface area (Å²) in [6.45, 7) is 0. The Bertz CT molecular complexity index is 868. The van der Waals surface area contributed by atoms with Crippen molar-refractivity contribution in [3.8, 4) is 0 Å². The Morgan fingerprint density at radius 3 is 1.33 bits per heavy atom. The molecular formula is C35H54O4. The van der Waals surface area contributed by atoms with E-state index in [0.717, 1.165) is 119 Å². The van der Waals surface area contributed by atoms with E-state index in [9.17, 15) is 19.8 Å². The number of rotatable bonds is 6. The predicted octanol–water partition coefficient (Wildman–Crippen LogP) is 10.3. The molecule has 0 fully saturated rings. The summed E-state index contributed by atoms with van der Waals surface area (Å²) >= 11 is 0. The predicted molar refractivity (Wildman–Crippen MR) is 161 cm³/mol. The fourth-order valence-corrected chi connectivity index (χ4v) is 6.77. The number of hydrogen-bond acceptors (Lipinski definition) is 2. The van der Waals surface area contributed by atoms with Crippen molar-refractivity contribution in [3.05, 3.63) is 46.1 Å². The summed E-state index contributed by atoms with van der Waals surface area (Å²) in [6, 6.07) is 0. The summed E-state index contributed by atoms with van der Waals surface area (Å²) in [5.74, 6) is -3.13. The van der Waals surface area contributed by atoms with E-state index in [1.165, 1.54) is 51.4 Å². The van der Waals surface area contributed by atoms with Crippen LogP contribution in [-0.2, 0) is 9.59 Å². The first kappa shape index (κ1) is 31.4. The van der Waals surface area contributed by atoms with Crippen LogP contribution < -0.4 is 0 Å². The second kappa shape index (κ2) is 18.3. The minimum absolute atomic E-state index is 0.137. The highest BCUT2D eigenvalue weighted by Crippen LogP contribution is 2.39. The van der Waals surface area contributed by atoms with Crippen molar-refractivity contribution in [2.45, 2.75) is 154 Å². The first-order chi connectivity index (χ1) is 19.1. The zero-order chi connectivity index (χ0) is 27.7. The maximum absolute atomic E-state index is 13.2. The average Bonchev–Trinajstić information content (AvgIpc) is 2.93. The molecule has 2 N–H and O–H groups in total. The SMILES string of the molecule is O=C(O)C(=C(C1=CCCCCCCCC1)C1=CCCCCCCCC1)C(C(=O)O)C1=CCCCCCCCC1. The third kappa shape index (κ3) is 10.8. The quantitative estimate of drug-likeness (QED) is 0.260. The summed E-state index contributed by atoms with van der Waals surface area (Å²) in [5, 5.41) is 21.5. The lowest BCUT2D eigenvalue weighted by molar-refractivity contribution is -0.142. The third-order valence-corrected chi connectivity index (χ3v) is 8.96. The van der Waals surface area contributed by atoms with Crippen molar-refractivity contribution < 1.29 is 19.8 Å². The number of aliphatic carboxylic acids is 2. The highest BCUT2D eigenvalue weighted by molar-refractivity contribution is 5.98. The molecule has 3 aliphatic carbocycles. The normalized spacial score (nSPS) is 22.2. The molecule has 3 rings (SSSR count). The first-order valence-corrected chi connectivity index (χ1v) is 16.4. The molecule has 0 heterocycles. The van der Waals surface area contributed by atoms with Crippen molar-refractivity contribution >= 4 is 11.9 Å². The van der Waals surface area contributed by atoms with Gasteiger partial charge in [-0.25, -0.2) is 4.79 Å². The summed E-state index contributed by atoms with van der Waals surface area (Å²) < 4.78 is 0. The lowest BCUT2D eigenvalue weighted by Crippen LogP contribution is -2.26. The fraction of sp³-hybridized carbons (Fsp3) is 0.714. The lowest BCUT2D eigenvalue weighted by Gasteiger charge is -2.26. The van der Waals surface area contributed by atoms with Gasteiger partial charge in [0.1, 0.15) is 5.92 Å². The van der Waals surface area contributed by atoms with Crippen LogP contribution in [0.25, 0.3) is 0 Å². The van der Waals surface area contributed by atoms with Gasteiger partial charge in [0, 0.05) is 0 Å². The molecule has 39 heavy (non-hydrogen) atoms. The molecule has 0 aromatic rings. The van der Waals surface area contributed by atoms with Crippen LogP contribution in [0, 0.1) is 5.92 Å². The number of allylic oxidation sites excluding steroid dienone is 6. The van der Waals surface area contributed by atoms with Gasteiger partial charge in [-0.1, -0.05) is 101 Å². The summed E-state index contributed by atoms with van der Waals surface area (Å²) in [6.07, 6.45) is 32.4. The molecule has 1 atom stereocenters. The molecule has 0 radical (unpaired) electrons. The molecule has 0 spiro atoms. The highest BCUT2D eigenvalue weighted by Gasteiger charge is 2.35. The van der Waals surface area contributed by atoms with E-state index < -0.39 is 17.9 Å². The van der Waals surface area contributed by atoms with Gasteiger partial charge >= 0.3 is 11.9 Å². The van der Waals surface area contributed by atoms with Crippen molar-refractivity contribution in [3.63, 3.8) is 0 Å². The van der Waals surface area contributed by atoms with Crippen molar-refractivity contribution in [1.82, 2.24) is 0 Å². The Kier molecular flexibility index (Phi) is 14.7.